The van der Waals surface area contributed by atoms with E-state index in [0.29, 0.717) is 10.2 Å². The third kappa shape index (κ3) is 2.33. The van der Waals surface area contributed by atoms with E-state index in [9.17, 15) is 0 Å². The molecule has 0 atom stereocenters. The summed E-state index contributed by atoms with van der Waals surface area (Å²) in [5.74, 6) is 0. The number of rotatable bonds is 2. The molecular weight excluding hydrogens is 242 g/mol. The number of thioether (sulfide) groups is 1. The molecule has 0 fully saturated rings. The molecule has 2 rings (SSSR count). The van der Waals surface area contributed by atoms with Crippen LogP contribution in [0.2, 0.25) is 5.02 Å². The first-order valence-corrected chi connectivity index (χ1v) is 6.32. The second-order valence-corrected chi connectivity index (χ2v) is 4.45. The minimum absolute atomic E-state index is 0.690. The molecule has 3 nitrogen and oxygen atoms in total. The molecule has 16 heavy (non-hydrogen) atoms. The highest BCUT2D eigenvalue weighted by Gasteiger charge is 2.06. The van der Waals surface area contributed by atoms with Crippen LogP contribution in [0.1, 0.15) is 5.69 Å². The van der Waals surface area contributed by atoms with Crippen LogP contribution in [0.3, 0.4) is 0 Å². The lowest BCUT2D eigenvalue weighted by Gasteiger charge is -2.04. The van der Waals surface area contributed by atoms with Gasteiger partial charge in [0.15, 0.2) is 0 Å². The summed E-state index contributed by atoms with van der Waals surface area (Å²) < 4.78 is 0. The van der Waals surface area contributed by atoms with Gasteiger partial charge in [-0.05, 0) is 25.3 Å². The van der Waals surface area contributed by atoms with Crippen LogP contribution in [0.15, 0.2) is 29.4 Å². The Kier molecular flexibility index (Phi) is 3.41. The summed E-state index contributed by atoms with van der Waals surface area (Å²) in [5, 5.41) is 9.60. The van der Waals surface area contributed by atoms with Crippen molar-refractivity contribution in [3.63, 3.8) is 0 Å². The summed E-state index contributed by atoms with van der Waals surface area (Å²) in [7, 11) is 0. The van der Waals surface area contributed by atoms with Gasteiger partial charge < -0.3 is 0 Å². The van der Waals surface area contributed by atoms with E-state index in [-0.39, 0.29) is 0 Å². The molecule has 0 N–H and O–H groups in total. The number of hydrogen-bond acceptors (Lipinski definition) is 4. The van der Waals surface area contributed by atoms with Gasteiger partial charge in [-0.15, -0.1) is 10.2 Å². The van der Waals surface area contributed by atoms with E-state index in [4.69, 9.17) is 11.6 Å². The van der Waals surface area contributed by atoms with Crippen LogP contribution < -0.4 is 0 Å². The summed E-state index contributed by atoms with van der Waals surface area (Å²) in [4.78, 5) is 4.35. The molecule has 0 aliphatic carbocycles. The van der Waals surface area contributed by atoms with Gasteiger partial charge in [0.1, 0.15) is 5.69 Å². The molecule has 0 aliphatic heterocycles. The number of aromatic nitrogens is 3. The smallest absolute Gasteiger partial charge is 0.209 e. The van der Waals surface area contributed by atoms with Crippen molar-refractivity contribution in [2.45, 2.75) is 12.1 Å². The van der Waals surface area contributed by atoms with E-state index in [0.717, 1.165) is 17.0 Å². The maximum absolute atomic E-state index is 5.83. The molecule has 82 valence electrons. The lowest BCUT2D eigenvalue weighted by molar-refractivity contribution is 0.825. The molecule has 0 unspecified atom stereocenters. The molecule has 1 aromatic heterocycles. The molecule has 0 saturated carbocycles. The molecule has 0 amide bonds. The zero-order chi connectivity index (χ0) is 11.5. The van der Waals surface area contributed by atoms with Crippen molar-refractivity contribution in [1.29, 1.82) is 0 Å². The maximum atomic E-state index is 5.83. The lowest BCUT2D eigenvalue weighted by atomic mass is 10.1. The third-order valence-electron chi connectivity index (χ3n) is 2.14. The summed E-state index contributed by atoms with van der Waals surface area (Å²) in [6.07, 6.45) is 1.93. The summed E-state index contributed by atoms with van der Waals surface area (Å²) in [5.41, 5.74) is 2.66. The first-order valence-electron chi connectivity index (χ1n) is 4.72. The van der Waals surface area contributed by atoms with E-state index < -0.39 is 0 Å². The average Bonchev–Trinajstić information content (AvgIpc) is 2.30. The number of benzene rings is 1. The quantitative estimate of drug-likeness (QED) is 0.769. The Bertz CT molecular complexity index is 499. The van der Waals surface area contributed by atoms with Gasteiger partial charge in [-0.25, -0.2) is 4.98 Å². The van der Waals surface area contributed by atoms with Gasteiger partial charge >= 0.3 is 0 Å². The molecule has 1 aromatic carbocycles. The van der Waals surface area contributed by atoms with Gasteiger partial charge in [0.25, 0.3) is 0 Å². The van der Waals surface area contributed by atoms with Crippen molar-refractivity contribution in [2.75, 3.05) is 6.26 Å². The largest absolute Gasteiger partial charge is 0.224 e. The topological polar surface area (TPSA) is 38.7 Å². The number of halogens is 1. The Morgan fingerprint density at radius 3 is 2.38 bits per heavy atom. The van der Waals surface area contributed by atoms with Crippen molar-refractivity contribution in [1.82, 2.24) is 15.2 Å². The van der Waals surface area contributed by atoms with Crippen molar-refractivity contribution in [2.24, 2.45) is 0 Å². The van der Waals surface area contributed by atoms with Gasteiger partial charge in [-0.2, -0.15) is 0 Å². The van der Waals surface area contributed by atoms with Gasteiger partial charge in [-0.3, -0.25) is 0 Å². The van der Waals surface area contributed by atoms with Crippen LogP contribution in [0.25, 0.3) is 11.3 Å². The normalized spacial score (nSPS) is 10.4. The van der Waals surface area contributed by atoms with Crippen molar-refractivity contribution in [3.05, 3.63) is 35.0 Å². The summed E-state index contributed by atoms with van der Waals surface area (Å²) >= 11 is 7.32. The SMILES string of the molecule is CSc1nnc(-c2ccc(Cl)cc2)c(C)n1. The second kappa shape index (κ2) is 4.80. The maximum Gasteiger partial charge on any atom is 0.209 e. The Labute approximate surface area is 103 Å². The fourth-order valence-electron chi connectivity index (χ4n) is 1.34. The molecule has 0 radical (unpaired) electrons. The lowest BCUT2D eigenvalue weighted by Crippen LogP contribution is -1.97. The average molecular weight is 252 g/mol. The second-order valence-electron chi connectivity index (χ2n) is 3.24. The molecule has 0 saturated heterocycles. The molecule has 2 aromatic rings. The zero-order valence-corrected chi connectivity index (χ0v) is 10.5. The highest BCUT2D eigenvalue weighted by Crippen LogP contribution is 2.22. The fraction of sp³-hybridized carbons (Fsp3) is 0.182. The van der Waals surface area contributed by atoms with E-state index >= 15 is 0 Å². The molecule has 0 bridgehead atoms. The molecule has 5 heteroatoms. The first kappa shape index (κ1) is 11.4. The monoisotopic (exact) mass is 251 g/mol. The Morgan fingerprint density at radius 2 is 1.81 bits per heavy atom. The molecule has 0 aliphatic rings. The van der Waals surface area contributed by atoms with Crippen LogP contribution in [0, 0.1) is 6.92 Å². The van der Waals surface area contributed by atoms with Crippen LogP contribution in [0.4, 0.5) is 0 Å². The Hall–Kier alpha value is -1.13. The van der Waals surface area contributed by atoms with Gasteiger partial charge in [0, 0.05) is 10.6 Å². The predicted octanol–water partition coefficient (Wildman–Crippen LogP) is 3.22. The van der Waals surface area contributed by atoms with E-state index in [1.54, 1.807) is 0 Å². The van der Waals surface area contributed by atoms with E-state index in [2.05, 4.69) is 15.2 Å². The van der Waals surface area contributed by atoms with E-state index in [1.165, 1.54) is 11.8 Å². The van der Waals surface area contributed by atoms with Crippen molar-refractivity contribution in [3.8, 4) is 11.3 Å². The predicted molar refractivity (Wildman–Crippen MR) is 66.8 cm³/mol. The highest BCUT2D eigenvalue weighted by molar-refractivity contribution is 7.98. The number of nitrogens with zero attached hydrogens (tertiary/aromatic N) is 3. The Balaban J connectivity index is 2.44. The van der Waals surface area contributed by atoms with Gasteiger partial charge in [0.2, 0.25) is 5.16 Å². The standard InChI is InChI=1S/C11H10ClN3S/c1-7-10(14-15-11(13-7)16-2)8-3-5-9(12)6-4-8/h3-6H,1-2H3. The summed E-state index contributed by atoms with van der Waals surface area (Å²) in [6.45, 7) is 1.93. The molecule has 1 heterocycles. The van der Waals surface area contributed by atoms with Crippen LogP contribution in [0.5, 0.6) is 0 Å². The van der Waals surface area contributed by atoms with Gasteiger partial charge in [0.05, 0.1) is 5.69 Å². The Morgan fingerprint density at radius 1 is 1.12 bits per heavy atom. The van der Waals surface area contributed by atoms with Crippen LogP contribution in [-0.2, 0) is 0 Å². The minimum atomic E-state index is 0.690. The molecular formula is C11H10ClN3S. The van der Waals surface area contributed by atoms with Crippen LogP contribution >= 0.6 is 23.4 Å². The third-order valence-corrected chi connectivity index (χ3v) is 2.93. The van der Waals surface area contributed by atoms with Crippen LogP contribution in [-0.4, -0.2) is 21.4 Å². The van der Waals surface area contributed by atoms with Gasteiger partial charge in [-0.1, -0.05) is 35.5 Å². The number of aryl methyl sites for hydroxylation is 1. The van der Waals surface area contributed by atoms with E-state index in [1.807, 2.05) is 37.4 Å². The first-order chi connectivity index (χ1) is 7.70. The zero-order valence-electron chi connectivity index (χ0n) is 8.94. The summed E-state index contributed by atoms with van der Waals surface area (Å²) in [6, 6.07) is 7.50. The van der Waals surface area contributed by atoms with Crippen molar-refractivity contribution >= 4 is 23.4 Å². The minimum Gasteiger partial charge on any atom is -0.224 e. The highest BCUT2D eigenvalue weighted by atomic mass is 35.5. The number of hydrogen-bond donors (Lipinski definition) is 0. The van der Waals surface area contributed by atoms with Crippen molar-refractivity contribution < 1.29 is 0 Å². The fourth-order valence-corrected chi connectivity index (χ4v) is 1.82. The molecule has 0 spiro atoms.